The lowest BCUT2D eigenvalue weighted by molar-refractivity contribution is 0.228. The highest BCUT2D eigenvalue weighted by molar-refractivity contribution is 8.25. The van der Waals surface area contributed by atoms with Crippen molar-refractivity contribution < 1.29 is 28.1 Å². The van der Waals surface area contributed by atoms with E-state index >= 15 is 0 Å². The molecule has 0 aliphatic heterocycles. The van der Waals surface area contributed by atoms with Gasteiger partial charge in [0.1, 0.15) is 16.3 Å². The van der Waals surface area contributed by atoms with E-state index in [2.05, 4.69) is 9.97 Å². The number of halogens is 1. The van der Waals surface area contributed by atoms with Crippen LogP contribution >= 0.6 is 10.6 Å². The first kappa shape index (κ1) is 22.3. The van der Waals surface area contributed by atoms with E-state index in [4.69, 9.17) is 14.6 Å². The average Bonchev–Trinajstić information content (AvgIpc) is 3.08. The smallest absolute Gasteiger partial charge is 0.216 e. The fourth-order valence-electron chi connectivity index (χ4n) is 2.84. The predicted octanol–water partition coefficient (Wildman–Crippen LogP) is 4.21. The highest BCUT2D eigenvalue weighted by Gasteiger charge is 2.34. The van der Waals surface area contributed by atoms with E-state index < -0.39 is 21.3 Å². The number of methoxy groups -OCH3 is 1. The first-order valence-corrected chi connectivity index (χ1v) is 10.9. The average molecular weight is 440 g/mol. The zero-order valence-corrected chi connectivity index (χ0v) is 18.1. The lowest BCUT2D eigenvalue weighted by Crippen LogP contribution is -2.25. The molecule has 3 N–H and O–H groups in total. The Hall–Kier alpha value is -2.40. The summed E-state index contributed by atoms with van der Waals surface area (Å²) in [5, 5.41) is 8.88. The number of hydrogen-bond acceptors (Lipinski definition) is 7. The van der Waals surface area contributed by atoms with Crippen LogP contribution in [-0.4, -0.2) is 53.7 Å². The van der Waals surface area contributed by atoms with E-state index in [0.717, 1.165) is 0 Å². The molecule has 0 aromatic carbocycles. The summed E-state index contributed by atoms with van der Waals surface area (Å²) in [6.07, 6.45) is 3.51. The monoisotopic (exact) mass is 439 g/mol. The standard InChI is InChI=1S/C20H26FN3O5S/c1-20(2,3)30(26,27)16-12-24-14(11-22-18(24)10-15(16)28-4)13-8-17(21)23-19(9-13)29-7-5-6-25/h8-12,25-27H,5-7H2,1-4H3. The maximum Gasteiger partial charge on any atom is 0.216 e. The fraction of sp³-hybridized carbons (Fsp3) is 0.400. The molecule has 0 saturated heterocycles. The third-order valence-electron chi connectivity index (χ3n) is 4.57. The maximum atomic E-state index is 14.1. The number of pyridine rings is 2. The van der Waals surface area contributed by atoms with Crippen molar-refractivity contribution in [3.05, 3.63) is 36.5 Å². The van der Waals surface area contributed by atoms with Gasteiger partial charge < -0.3 is 14.6 Å². The molecule has 0 spiro atoms. The van der Waals surface area contributed by atoms with E-state index in [1.165, 1.54) is 13.2 Å². The van der Waals surface area contributed by atoms with Gasteiger partial charge in [-0.1, -0.05) is 0 Å². The number of rotatable bonds is 7. The molecule has 3 aromatic heterocycles. The van der Waals surface area contributed by atoms with Crippen LogP contribution in [0, 0.1) is 5.95 Å². The number of imidazole rings is 1. The van der Waals surface area contributed by atoms with Crippen molar-refractivity contribution in [2.75, 3.05) is 20.3 Å². The van der Waals surface area contributed by atoms with E-state index in [1.807, 2.05) is 0 Å². The largest absolute Gasteiger partial charge is 0.495 e. The predicted molar refractivity (Wildman–Crippen MR) is 113 cm³/mol. The van der Waals surface area contributed by atoms with Crippen molar-refractivity contribution in [3.63, 3.8) is 0 Å². The molecule has 3 aromatic rings. The molecule has 0 saturated carbocycles. The van der Waals surface area contributed by atoms with E-state index in [9.17, 15) is 13.5 Å². The van der Waals surface area contributed by atoms with Crippen LogP contribution in [-0.2, 0) is 0 Å². The van der Waals surface area contributed by atoms with Gasteiger partial charge >= 0.3 is 0 Å². The number of aromatic nitrogens is 3. The van der Waals surface area contributed by atoms with Gasteiger partial charge in [0.25, 0.3) is 0 Å². The molecule has 30 heavy (non-hydrogen) atoms. The molecular weight excluding hydrogens is 413 g/mol. The molecule has 0 unspecified atom stereocenters. The molecule has 0 bridgehead atoms. The Kier molecular flexibility index (Phi) is 6.23. The Balaban J connectivity index is 2.14. The van der Waals surface area contributed by atoms with E-state index in [1.54, 1.807) is 49.7 Å². The summed E-state index contributed by atoms with van der Waals surface area (Å²) >= 11 is 0. The van der Waals surface area contributed by atoms with Crippen molar-refractivity contribution in [3.8, 4) is 22.9 Å². The van der Waals surface area contributed by atoms with Crippen LogP contribution in [0.3, 0.4) is 0 Å². The van der Waals surface area contributed by atoms with Gasteiger partial charge in [-0.2, -0.15) is 20.0 Å². The molecule has 10 heteroatoms. The number of ether oxygens (including phenoxy) is 2. The Morgan fingerprint density at radius 3 is 2.57 bits per heavy atom. The summed E-state index contributed by atoms with van der Waals surface area (Å²) in [6, 6.07) is 4.42. The third-order valence-corrected chi connectivity index (χ3v) is 7.20. The number of hydrogen-bond donors (Lipinski definition) is 3. The Morgan fingerprint density at radius 2 is 1.93 bits per heavy atom. The number of aliphatic hydroxyl groups excluding tert-OH is 1. The van der Waals surface area contributed by atoms with Crippen molar-refractivity contribution >= 4 is 16.2 Å². The Bertz CT molecular complexity index is 1050. The maximum absolute atomic E-state index is 14.1. The molecule has 164 valence electrons. The molecule has 3 rings (SSSR count). The van der Waals surface area contributed by atoms with Crippen LogP contribution in [0.25, 0.3) is 16.9 Å². The van der Waals surface area contributed by atoms with Crippen LogP contribution in [0.15, 0.2) is 35.5 Å². The summed E-state index contributed by atoms with van der Waals surface area (Å²) in [5.74, 6) is -0.334. The zero-order chi connectivity index (χ0) is 22.1. The first-order valence-electron chi connectivity index (χ1n) is 9.33. The molecule has 8 nitrogen and oxygen atoms in total. The summed E-state index contributed by atoms with van der Waals surface area (Å²) in [7, 11) is -1.78. The van der Waals surface area contributed by atoms with E-state index in [-0.39, 0.29) is 24.0 Å². The number of nitrogens with zero attached hydrogens (tertiary/aromatic N) is 3. The van der Waals surface area contributed by atoms with Gasteiger partial charge in [-0.15, -0.1) is 0 Å². The van der Waals surface area contributed by atoms with Gasteiger partial charge in [0, 0.05) is 43.0 Å². The summed E-state index contributed by atoms with van der Waals surface area (Å²) < 4.78 is 47.5. The van der Waals surface area contributed by atoms with Crippen molar-refractivity contribution in [2.24, 2.45) is 0 Å². The minimum absolute atomic E-state index is 0.0414. The topological polar surface area (TPSA) is 109 Å². The molecular formula is C20H26FN3O5S. The highest BCUT2D eigenvalue weighted by Crippen LogP contribution is 2.61. The van der Waals surface area contributed by atoms with Gasteiger partial charge in [0.2, 0.25) is 11.8 Å². The van der Waals surface area contributed by atoms with Gasteiger partial charge in [-0.05, 0) is 20.8 Å². The molecule has 3 heterocycles. The second kappa shape index (κ2) is 8.38. The second-order valence-electron chi connectivity index (χ2n) is 7.68. The van der Waals surface area contributed by atoms with Crippen LogP contribution in [0.5, 0.6) is 11.6 Å². The molecule has 0 aliphatic carbocycles. The summed E-state index contributed by atoms with van der Waals surface area (Å²) in [6.45, 7) is 5.35. The minimum atomic E-state index is -3.23. The normalized spacial score (nSPS) is 12.9. The zero-order valence-electron chi connectivity index (χ0n) is 17.3. The van der Waals surface area contributed by atoms with Gasteiger partial charge in [0.05, 0.1) is 30.4 Å². The lowest BCUT2D eigenvalue weighted by Gasteiger charge is -2.44. The van der Waals surface area contributed by atoms with Gasteiger partial charge in [-0.25, -0.2) is 4.98 Å². The molecule has 0 aliphatic rings. The van der Waals surface area contributed by atoms with Crippen LogP contribution < -0.4 is 9.47 Å². The number of aliphatic hydroxyl groups is 1. The fourth-order valence-corrected chi connectivity index (χ4v) is 4.17. The van der Waals surface area contributed by atoms with Crippen LogP contribution in [0.2, 0.25) is 0 Å². The molecule has 0 amide bonds. The first-order chi connectivity index (χ1) is 14.1. The van der Waals surface area contributed by atoms with Gasteiger partial charge in [0.15, 0.2) is 0 Å². The Morgan fingerprint density at radius 1 is 1.20 bits per heavy atom. The molecule has 0 radical (unpaired) electrons. The van der Waals surface area contributed by atoms with Crippen LogP contribution in [0.1, 0.15) is 27.2 Å². The number of fused-ring (bicyclic) bond motifs is 1. The third kappa shape index (κ3) is 4.22. The van der Waals surface area contributed by atoms with Gasteiger partial charge in [-0.3, -0.25) is 13.5 Å². The molecule has 0 fully saturated rings. The highest BCUT2D eigenvalue weighted by atomic mass is 32.3. The Labute approximate surface area is 175 Å². The minimum Gasteiger partial charge on any atom is -0.495 e. The van der Waals surface area contributed by atoms with E-state index in [0.29, 0.717) is 29.1 Å². The van der Waals surface area contributed by atoms with Crippen molar-refractivity contribution in [2.45, 2.75) is 36.8 Å². The lowest BCUT2D eigenvalue weighted by atomic mass is 10.2. The quantitative estimate of drug-likeness (QED) is 0.374. The van der Waals surface area contributed by atoms with Crippen molar-refractivity contribution in [1.82, 2.24) is 14.4 Å². The summed E-state index contributed by atoms with van der Waals surface area (Å²) in [5.41, 5.74) is 1.47. The van der Waals surface area contributed by atoms with Crippen LogP contribution in [0.4, 0.5) is 4.39 Å². The summed E-state index contributed by atoms with van der Waals surface area (Å²) in [4.78, 5) is 8.29. The second-order valence-corrected chi connectivity index (χ2v) is 10.4. The SMILES string of the molecule is COc1cc2ncc(-c3cc(F)nc(OCCCO)c3)n2cc1S(O)(O)C(C)(C)C. The molecule has 0 atom stereocenters. The van der Waals surface area contributed by atoms with Crippen molar-refractivity contribution in [1.29, 1.82) is 0 Å².